The Bertz CT molecular complexity index is 528. The van der Waals surface area contributed by atoms with Crippen molar-refractivity contribution < 1.29 is 14.3 Å². The molecule has 0 unspecified atom stereocenters. The fourth-order valence-electron chi connectivity index (χ4n) is 2.11. The molecule has 0 saturated carbocycles. The summed E-state index contributed by atoms with van der Waals surface area (Å²) in [5.41, 5.74) is -1.08. The van der Waals surface area contributed by atoms with Gasteiger partial charge in [0.1, 0.15) is 5.60 Å². The van der Waals surface area contributed by atoms with Crippen molar-refractivity contribution in [1.29, 1.82) is 0 Å². The van der Waals surface area contributed by atoms with Gasteiger partial charge in [-0.2, -0.15) is 0 Å². The average Bonchev–Trinajstić information content (AvgIpc) is 2.85. The van der Waals surface area contributed by atoms with Crippen LogP contribution in [0.2, 0.25) is 0 Å². The van der Waals surface area contributed by atoms with Crippen molar-refractivity contribution >= 4 is 5.91 Å². The van der Waals surface area contributed by atoms with E-state index in [9.17, 15) is 9.90 Å². The molecule has 0 radical (unpaired) electrons. The van der Waals surface area contributed by atoms with Crippen molar-refractivity contribution in [3.05, 3.63) is 23.7 Å². The van der Waals surface area contributed by atoms with E-state index in [4.69, 9.17) is 4.42 Å². The molecular weight excluding hydrogens is 266 g/mol. The Labute approximate surface area is 127 Å². The number of carbonyl (C=O) groups excluding carboxylic acids is 1. The molecule has 1 aromatic rings. The Morgan fingerprint density at radius 3 is 2.62 bits per heavy atom. The Balaban J connectivity index is 2.88. The number of carbonyl (C=O) groups is 1. The van der Waals surface area contributed by atoms with Gasteiger partial charge in [-0.1, -0.05) is 19.3 Å². The zero-order chi connectivity index (χ0) is 16.0. The Morgan fingerprint density at radius 2 is 2.10 bits per heavy atom. The van der Waals surface area contributed by atoms with Gasteiger partial charge in [0.05, 0.1) is 0 Å². The molecule has 1 amide bonds. The van der Waals surface area contributed by atoms with Gasteiger partial charge in [0.2, 0.25) is 0 Å². The van der Waals surface area contributed by atoms with Gasteiger partial charge in [0.15, 0.2) is 11.5 Å². The lowest BCUT2D eigenvalue weighted by atomic mass is 10.1. The van der Waals surface area contributed by atoms with Crippen molar-refractivity contribution in [1.82, 2.24) is 4.90 Å². The van der Waals surface area contributed by atoms with E-state index in [0.29, 0.717) is 18.1 Å². The third-order valence-corrected chi connectivity index (χ3v) is 3.15. The summed E-state index contributed by atoms with van der Waals surface area (Å²) in [5.74, 6) is 5.96. The lowest BCUT2D eigenvalue weighted by Gasteiger charge is -2.26. The summed E-state index contributed by atoms with van der Waals surface area (Å²) in [6, 6.07) is 3.48. The van der Waals surface area contributed by atoms with E-state index in [2.05, 4.69) is 18.8 Å². The fourth-order valence-corrected chi connectivity index (χ4v) is 2.11. The van der Waals surface area contributed by atoms with E-state index in [1.165, 1.54) is 0 Å². The molecule has 4 nitrogen and oxygen atoms in total. The molecule has 1 N–H and O–H groups in total. The van der Waals surface area contributed by atoms with E-state index in [-0.39, 0.29) is 11.9 Å². The van der Waals surface area contributed by atoms with Crippen LogP contribution in [0.4, 0.5) is 0 Å². The number of aliphatic hydroxyl groups is 1. The molecule has 4 heteroatoms. The quantitative estimate of drug-likeness (QED) is 0.848. The largest absolute Gasteiger partial charge is 0.443 e. The molecule has 0 saturated heterocycles. The maximum Gasteiger partial charge on any atom is 0.289 e. The van der Waals surface area contributed by atoms with E-state index in [1.54, 1.807) is 30.9 Å². The van der Waals surface area contributed by atoms with Gasteiger partial charge in [0.25, 0.3) is 5.91 Å². The maximum absolute atomic E-state index is 12.4. The highest BCUT2D eigenvalue weighted by atomic mass is 16.4. The van der Waals surface area contributed by atoms with Gasteiger partial charge in [-0.3, -0.25) is 4.79 Å². The molecule has 0 fully saturated rings. The maximum atomic E-state index is 12.4. The molecule has 0 aliphatic rings. The summed E-state index contributed by atoms with van der Waals surface area (Å²) in [5, 5.41) is 9.56. The van der Waals surface area contributed by atoms with Crippen LogP contribution >= 0.6 is 0 Å². The minimum atomic E-state index is -1.08. The van der Waals surface area contributed by atoms with Gasteiger partial charge in [-0.05, 0) is 52.2 Å². The summed E-state index contributed by atoms with van der Waals surface area (Å²) in [7, 11) is 0. The number of furan rings is 1. The van der Waals surface area contributed by atoms with E-state index < -0.39 is 5.60 Å². The second-order valence-corrected chi connectivity index (χ2v) is 5.70. The summed E-state index contributed by atoms with van der Waals surface area (Å²) in [6.45, 7) is 9.95. The zero-order valence-corrected chi connectivity index (χ0v) is 13.6. The molecule has 1 atom stereocenters. The highest BCUT2D eigenvalue weighted by Crippen LogP contribution is 2.14. The molecular formula is C17H25NO3. The van der Waals surface area contributed by atoms with Gasteiger partial charge in [-0.15, -0.1) is 0 Å². The van der Waals surface area contributed by atoms with Crippen LogP contribution in [0.5, 0.6) is 0 Å². The summed E-state index contributed by atoms with van der Waals surface area (Å²) < 4.78 is 5.48. The topological polar surface area (TPSA) is 53.7 Å². The van der Waals surface area contributed by atoms with Crippen molar-refractivity contribution in [2.75, 3.05) is 6.54 Å². The second kappa shape index (κ2) is 7.33. The number of rotatable bonds is 5. The minimum absolute atomic E-state index is 0.116. The SMILES string of the molecule is CCC[C@H](C)N(CC)C(=O)c1ccc(C#CC(C)(C)O)o1. The number of hydrogen-bond donors (Lipinski definition) is 1. The van der Waals surface area contributed by atoms with Crippen molar-refractivity contribution in [2.45, 2.75) is 59.1 Å². The molecule has 0 aromatic carbocycles. The molecule has 0 spiro atoms. The predicted octanol–water partition coefficient (Wildman–Crippen LogP) is 3.05. The van der Waals surface area contributed by atoms with Crippen LogP contribution < -0.4 is 0 Å². The van der Waals surface area contributed by atoms with Gasteiger partial charge < -0.3 is 14.4 Å². The van der Waals surface area contributed by atoms with Crippen LogP contribution in [0.25, 0.3) is 0 Å². The Hall–Kier alpha value is -1.73. The van der Waals surface area contributed by atoms with Crippen molar-refractivity contribution in [3.63, 3.8) is 0 Å². The molecule has 1 rings (SSSR count). The minimum Gasteiger partial charge on any atom is -0.443 e. The monoisotopic (exact) mass is 291 g/mol. The smallest absolute Gasteiger partial charge is 0.289 e. The van der Waals surface area contributed by atoms with Crippen LogP contribution in [-0.2, 0) is 0 Å². The molecule has 21 heavy (non-hydrogen) atoms. The van der Waals surface area contributed by atoms with Gasteiger partial charge in [-0.25, -0.2) is 0 Å². The molecule has 1 heterocycles. The van der Waals surface area contributed by atoms with E-state index >= 15 is 0 Å². The second-order valence-electron chi connectivity index (χ2n) is 5.70. The van der Waals surface area contributed by atoms with Crippen LogP contribution in [0.3, 0.4) is 0 Å². The molecule has 1 aromatic heterocycles. The first-order valence-electron chi connectivity index (χ1n) is 7.44. The Kier molecular flexibility index (Phi) is 6.04. The number of nitrogens with zero attached hydrogens (tertiary/aromatic N) is 1. The molecule has 0 bridgehead atoms. The summed E-state index contributed by atoms with van der Waals surface area (Å²) in [4.78, 5) is 14.2. The first-order valence-corrected chi connectivity index (χ1v) is 7.44. The highest BCUT2D eigenvalue weighted by molar-refractivity contribution is 5.91. The van der Waals surface area contributed by atoms with Crippen LogP contribution in [0.1, 0.15) is 63.8 Å². The van der Waals surface area contributed by atoms with Crippen LogP contribution in [0, 0.1) is 11.8 Å². The lowest BCUT2D eigenvalue weighted by molar-refractivity contribution is 0.0662. The van der Waals surface area contributed by atoms with Crippen LogP contribution in [-0.4, -0.2) is 34.1 Å². The third kappa shape index (κ3) is 5.28. The van der Waals surface area contributed by atoms with E-state index in [1.807, 2.05) is 13.8 Å². The Morgan fingerprint density at radius 1 is 1.43 bits per heavy atom. The molecule has 116 valence electrons. The first-order chi connectivity index (χ1) is 9.78. The van der Waals surface area contributed by atoms with Gasteiger partial charge >= 0.3 is 0 Å². The number of hydrogen-bond acceptors (Lipinski definition) is 3. The fraction of sp³-hybridized carbons (Fsp3) is 0.588. The number of amides is 1. The highest BCUT2D eigenvalue weighted by Gasteiger charge is 2.22. The van der Waals surface area contributed by atoms with Gasteiger partial charge in [0, 0.05) is 12.6 Å². The zero-order valence-electron chi connectivity index (χ0n) is 13.6. The lowest BCUT2D eigenvalue weighted by Crippen LogP contribution is -2.38. The molecule has 0 aliphatic carbocycles. The van der Waals surface area contributed by atoms with Crippen LogP contribution in [0.15, 0.2) is 16.5 Å². The first kappa shape index (κ1) is 17.3. The normalized spacial score (nSPS) is 12.5. The summed E-state index contributed by atoms with van der Waals surface area (Å²) >= 11 is 0. The predicted molar refractivity (Wildman–Crippen MR) is 83.0 cm³/mol. The average molecular weight is 291 g/mol. The molecule has 0 aliphatic heterocycles. The van der Waals surface area contributed by atoms with E-state index in [0.717, 1.165) is 12.8 Å². The van der Waals surface area contributed by atoms with Crippen molar-refractivity contribution in [2.24, 2.45) is 0 Å². The third-order valence-electron chi connectivity index (χ3n) is 3.15. The summed E-state index contributed by atoms with van der Waals surface area (Å²) in [6.07, 6.45) is 2.00. The van der Waals surface area contributed by atoms with Crippen molar-refractivity contribution in [3.8, 4) is 11.8 Å². The standard InChI is InChI=1S/C17H25NO3/c1-6-8-13(3)18(7-2)16(19)15-10-9-14(21-15)11-12-17(4,5)20/h9-10,13,20H,6-8H2,1-5H3/t13-/m0/s1.